The van der Waals surface area contributed by atoms with Gasteiger partial charge in [0.15, 0.2) is 5.96 Å². The summed E-state index contributed by atoms with van der Waals surface area (Å²) in [6.45, 7) is -0.164. The standard InChI is InChI=1S/C10H18F3N3/c1-15(2)8(16(3)4)14-7-9(5-6-9)10(11,12)13/h5-7H2,1-4H3. The van der Waals surface area contributed by atoms with Gasteiger partial charge < -0.3 is 9.80 Å². The van der Waals surface area contributed by atoms with E-state index < -0.39 is 11.6 Å². The molecule has 0 bridgehead atoms. The summed E-state index contributed by atoms with van der Waals surface area (Å²) in [5.41, 5.74) is -1.55. The van der Waals surface area contributed by atoms with Crippen molar-refractivity contribution in [2.45, 2.75) is 19.0 Å². The van der Waals surface area contributed by atoms with E-state index in [1.165, 1.54) is 0 Å². The van der Waals surface area contributed by atoms with Gasteiger partial charge in [0.05, 0.1) is 12.0 Å². The van der Waals surface area contributed by atoms with Crippen molar-refractivity contribution in [3.8, 4) is 0 Å². The Morgan fingerprint density at radius 3 is 1.81 bits per heavy atom. The fourth-order valence-corrected chi connectivity index (χ4v) is 1.59. The fourth-order valence-electron chi connectivity index (χ4n) is 1.59. The lowest BCUT2D eigenvalue weighted by atomic mass is 10.1. The number of guanidine groups is 1. The second-order valence-electron chi connectivity index (χ2n) is 4.68. The van der Waals surface area contributed by atoms with Crippen LogP contribution in [0.15, 0.2) is 4.99 Å². The maximum absolute atomic E-state index is 12.7. The molecule has 16 heavy (non-hydrogen) atoms. The first-order valence-corrected chi connectivity index (χ1v) is 5.15. The molecule has 0 aromatic heterocycles. The van der Waals surface area contributed by atoms with E-state index in [-0.39, 0.29) is 19.4 Å². The average molecular weight is 237 g/mol. The van der Waals surface area contributed by atoms with Crippen molar-refractivity contribution in [1.29, 1.82) is 0 Å². The summed E-state index contributed by atoms with van der Waals surface area (Å²) in [7, 11) is 7.08. The van der Waals surface area contributed by atoms with Gasteiger partial charge in [0.2, 0.25) is 0 Å². The first-order valence-electron chi connectivity index (χ1n) is 5.15. The van der Waals surface area contributed by atoms with Crippen molar-refractivity contribution in [2.75, 3.05) is 34.7 Å². The number of hydrogen-bond acceptors (Lipinski definition) is 1. The number of halogens is 3. The van der Waals surface area contributed by atoms with Gasteiger partial charge in [-0.3, -0.25) is 4.99 Å². The van der Waals surface area contributed by atoms with Gasteiger partial charge in [0.25, 0.3) is 0 Å². The predicted molar refractivity (Wildman–Crippen MR) is 57.4 cm³/mol. The summed E-state index contributed by atoms with van der Waals surface area (Å²) < 4.78 is 38.0. The van der Waals surface area contributed by atoms with Crippen LogP contribution in [0, 0.1) is 5.41 Å². The van der Waals surface area contributed by atoms with Crippen LogP contribution >= 0.6 is 0 Å². The lowest BCUT2D eigenvalue weighted by Crippen LogP contribution is -2.37. The van der Waals surface area contributed by atoms with Crippen LogP contribution in [-0.4, -0.2) is 56.7 Å². The third kappa shape index (κ3) is 2.59. The molecular formula is C10H18F3N3. The summed E-state index contributed by atoms with van der Waals surface area (Å²) in [5, 5.41) is 0. The number of alkyl halides is 3. The second kappa shape index (κ2) is 4.14. The highest BCUT2D eigenvalue weighted by Gasteiger charge is 2.63. The molecule has 0 radical (unpaired) electrons. The smallest absolute Gasteiger partial charge is 0.349 e. The molecule has 1 aliphatic carbocycles. The maximum atomic E-state index is 12.7. The summed E-state index contributed by atoms with van der Waals surface area (Å²) in [6.07, 6.45) is -3.72. The molecule has 1 fully saturated rings. The van der Waals surface area contributed by atoms with Crippen molar-refractivity contribution in [3.05, 3.63) is 0 Å². The van der Waals surface area contributed by atoms with E-state index in [1.54, 1.807) is 38.0 Å². The van der Waals surface area contributed by atoms with Gasteiger partial charge in [0, 0.05) is 28.2 Å². The van der Waals surface area contributed by atoms with Gasteiger partial charge in [0.1, 0.15) is 0 Å². The number of aliphatic imine (C=N–C) groups is 1. The quantitative estimate of drug-likeness (QED) is 0.539. The molecule has 0 spiro atoms. The Hall–Kier alpha value is -0.940. The zero-order valence-corrected chi connectivity index (χ0v) is 10.1. The van der Waals surface area contributed by atoms with Crippen LogP contribution in [0.25, 0.3) is 0 Å². The van der Waals surface area contributed by atoms with E-state index in [0.717, 1.165) is 0 Å². The third-order valence-corrected chi connectivity index (χ3v) is 2.78. The molecule has 0 aliphatic heterocycles. The molecule has 0 atom stereocenters. The lowest BCUT2D eigenvalue weighted by molar-refractivity contribution is -0.183. The second-order valence-corrected chi connectivity index (χ2v) is 4.68. The van der Waals surface area contributed by atoms with Crippen LogP contribution < -0.4 is 0 Å². The molecule has 1 rings (SSSR count). The Kier molecular flexibility index (Phi) is 3.40. The molecular weight excluding hydrogens is 219 g/mol. The van der Waals surface area contributed by atoms with Gasteiger partial charge >= 0.3 is 6.18 Å². The topological polar surface area (TPSA) is 18.8 Å². The SMILES string of the molecule is CN(C)C(=NCC1(C(F)(F)F)CC1)N(C)C. The van der Waals surface area contributed by atoms with E-state index in [1.807, 2.05) is 0 Å². The molecule has 6 heteroatoms. The highest BCUT2D eigenvalue weighted by atomic mass is 19.4. The summed E-state index contributed by atoms with van der Waals surface area (Å²) in [6, 6.07) is 0. The monoisotopic (exact) mass is 237 g/mol. The van der Waals surface area contributed by atoms with Gasteiger partial charge in [-0.05, 0) is 12.8 Å². The molecule has 0 amide bonds. The van der Waals surface area contributed by atoms with Gasteiger partial charge in [-0.1, -0.05) is 0 Å². The Morgan fingerprint density at radius 2 is 1.56 bits per heavy atom. The van der Waals surface area contributed by atoms with Crippen LogP contribution in [-0.2, 0) is 0 Å². The van der Waals surface area contributed by atoms with E-state index in [4.69, 9.17) is 0 Å². The minimum Gasteiger partial charge on any atom is -0.349 e. The maximum Gasteiger partial charge on any atom is 0.396 e. The largest absolute Gasteiger partial charge is 0.396 e. The fraction of sp³-hybridized carbons (Fsp3) is 0.900. The Labute approximate surface area is 93.9 Å². The zero-order chi connectivity index (χ0) is 12.6. The molecule has 3 nitrogen and oxygen atoms in total. The Balaban J connectivity index is 2.72. The van der Waals surface area contributed by atoms with Crippen LogP contribution in [0.5, 0.6) is 0 Å². The van der Waals surface area contributed by atoms with Crippen LogP contribution in [0.4, 0.5) is 13.2 Å². The first kappa shape index (κ1) is 13.1. The van der Waals surface area contributed by atoms with Crippen molar-refractivity contribution in [1.82, 2.24) is 9.80 Å². The van der Waals surface area contributed by atoms with Crippen LogP contribution in [0.1, 0.15) is 12.8 Å². The number of rotatable bonds is 2. The van der Waals surface area contributed by atoms with E-state index in [0.29, 0.717) is 5.96 Å². The van der Waals surface area contributed by atoms with Crippen molar-refractivity contribution >= 4 is 5.96 Å². The molecule has 0 N–H and O–H groups in total. The van der Waals surface area contributed by atoms with E-state index in [2.05, 4.69) is 4.99 Å². The molecule has 0 aromatic rings. The molecule has 0 unspecified atom stereocenters. The minimum absolute atomic E-state index is 0.164. The number of hydrogen-bond donors (Lipinski definition) is 0. The summed E-state index contributed by atoms with van der Waals surface area (Å²) >= 11 is 0. The molecule has 1 saturated carbocycles. The van der Waals surface area contributed by atoms with Crippen LogP contribution in [0.2, 0.25) is 0 Å². The number of nitrogens with zero attached hydrogens (tertiary/aromatic N) is 3. The van der Waals surface area contributed by atoms with E-state index in [9.17, 15) is 13.2 Å². The van der Waals surface area contributed by atoms with Gasteiger partial charge in [-0.25, -0.2) is 0 Å². The van der Waals surface area contributed by atoms with Crippen molar-refractivity contribution in [3.63, 3.8) is 0 Å². The van der Waals surface area contributed by atoms with Crippen molar-refractivity contribution in [2.24, 2.45) is 10.4 Å². The lowest BCUT2D eigenvalue weighted by Gasteiger charge is -2.24. The van der Waals surface area contributed by atoms with Crippen LogP contribution in [0.3, 0.4) is 0 Å². The predicted octanol–water partition coefficient (Wildman–Crippen LogP) is 1.81. The zero-order valence-electron chi connectivity index (χ0n) is 10.1. The molecule has 94 valence electrons. The highest BCUT2D eigenvalue weighted by Crippen LogP contribution is 2.57. The van der Waals surface area contributed by atoms with Gasteiger partial charge in [-0.2, -0.15) is 13.2 Å². The first-order chi connectivity index (χ1) is 7.19. The minimum atomic E-state index is -4.12. The summed E-state index contributed by atoms with van der Waals surface area (Å²) in [5.74, 6) is 0.565. The van der Waals surface area contributed by atoms with Gasteiger partial charge in [-0.15, -0.1) is 0 Å². The Morgan fingerprint density at radius 1 is 1.12 bits per heavy atom. The highest BCUT2D eigenvalue weighted by molar-refractivity contribution is 5.79. The molecule has 0 saturated heterocycles. The average Bonchev–Trinajstić information content (AvgIpc) is 2.82. The molecule has 1 aliphatic rings. The molecule has 0 aromatic carbocycles. The normalized spacial score (nSPS) is 17.9. The summed E-state index contributed by atoms with van der Waals surface area (Å²) in [4.78, 5) is 7.50. The van der Waals surface area contributed by atoms with E-state index >= 15 is 0 Å². The Bertz CT molecular complexity index is 268. The molecule has 0 heterocycles. The third-order valence-electron chi connectivity index (χ3n) is 2.78. The van der Waals surface area contributed by atoms with Crippen molar-refractivity contribution < 1.29 is 13.2 Å².